The topological polar surface area (TPSA) is 39.2 Å². The van der Waals surface area contributed by atoms with Crippen LogP contribution >= 0.6 is 0 Å². The number of hydrogen-bond donors (Lipinski definition) is 1. The Morgan fingerprint density at radius 3 is 2.46 bits per heavy atom. The average Bonchev–Trinajstić information content (AvgIpc) is 2.64. The highest BCUT2D eigenvalue weighted by Gasteiger charge is 2.25. The van der Waals surface area contributed by atoms with Crippen molar-refractivity contribution in [2.75, 3.05) is 65.5 Å². The fourth-order valence-corrected chi connectivity index (χ4v) is 3.65. The molecule has 2 aliphatic rings. The van der Waals surface area contributed by atoms with Gasteiger partial charge in [0.25, 0.3) is 0 Å². The Bertz CT molecular complexity index is 477. The van der Waals surface area contributed by atoms with Crippen LogP contribution in [0.1, 0.15) is 18.6 Å². The van der Waals surface area contributed by atoms with Gasteiger partial charge in [-0.1, -0.05) is 37.3 Å². The molecule has 5 heteroatoms. The average molecular weight is 333 g/mol. The number of hydrogen-bond acceptors (Lipinski definition) is 5. The summed E-state index contributed by atoms with van der Waals surface area (Å²) >= 11 is 0. The molecule has 0 bridgehead atoms. The number of morpholine rings is 1. The van der Waals surface area contributed by atoms with E-state index in [2.05, 4.69) is 21.6 Å². The van der Waals surface area contributed by atoms with Gasteiger partial charge in [0.2, 0.25) is 0 Å². The minimum atomic E-state index is -0.391. The first-order valence-corrected chi connectivity index (χ1v) is 9.26. The molecule has 134 valence electrons. The molecule has 0 aliphatic carbocycles. The number of ether oxygens (including phenoxy) is 1. The van der Waals surface area contributed by atoms with E-state index in [9.17, 15) is 5.11 Å². The zero-order chi connectivity index (χ0) is 16.8. The standard InChI is InChI=1S/C19H31N3O2/c1-2-20-12-13-24-18(14-20)15-21-8-10-22(11-9-21)16-19(23)17-6-4-3-5-7-17/h3-7,18-19,23H,2,8-16H2,1H3/t18-,19-/m1/s1. The van der Waals surface area contributed by atoms with Crippen LogP contribution in [-0.4, -0.2) is 91.4 Å². The van der Waals surface area contributed by atoms with Crippen LogP contribution in [0.3, 0.4) is 0 Å². The molecule has 0 saturated carbocycles. The largest absolute Gasteiger partial charge is 0.387 e. The molecule has 0 spiro atoms. The van der Waals surface area contributed by atoms with Gasteiger partial charge in [0, 0.05) is 52.4 Å². The molecular weight excluding hydrogens is 302 g/mol. The van der Waals surface area contributed by atoms with Crippen molar-refractivity contribution in [3.63, 3.8) is 0 Å². The Hall–Kier alpha value is -0.980. The molecule has 24 heavy (non-hydrogen) atoms. The van der Waals surface area contributed by atoms with Crippen molar-refractivity contribution in [3.05, 3.63) is 35.9 Å². The van der Waals surface area contributed by atoms with Crippen molar-refractivity contribution in [2.24, 2.45) is 0 Å². The van der Waals surface area contributed by atoms with E-state index in [1.54, 1.807) is 0 Å². The molecule has 1 aromatic rings. The van der Waals surface area contributed by atoms with Gasteiger partial charge in [-0.3, -0.25) is 14.7 Å². The highest BCUT2D eigenvalue weighted by Crippen LogP contribution is 2.15. The Balaban J connectivity index is 1.39. The second-order valence-corrected chi connectivity index (χ2v) is 6.91. The predicted octanol–water partition coefficient (Wildman–Crippen LogP) is 1.06. The van der Waals surface area contributed by atoms with Crippen molar-refractivity contribution >= 4 is 0 Å². The van der Waals surface area contributed by atoms with Crippen LogP contribution in [0, 0.1) is 0 Å². The number of benzene rings is 1. The maximum absolute atomic E-state index is 10.4. The Labute approximate surface area is 145 Å². The normalized spacial score (nSPS) is 25.7. The van der Waals surface area contributed by atoms with Gasteiger partial charge in [-0.15, -0.1) is 0 Å². The zero-order valence-corrected chi connectivity index (χ0v) is 14.8. The molecule has 1 N–H and O–H groups in total. The van der Waals surface area contributed by atoms with E-state index < -0.39 is 6.10 Å². The number of rotatable bonds is 6. The quantitative estimate of drug-likeness (QED) is 0.843. The van der Waals surface area contributed by atoms with E-state index >= 15 is 0 Å². The van der Waals surface area contributed by atoms with E-state index in [0.29, 0.717) is 6.10 Å². The van der Waals surface area contributed by atoms with Gasteiger partial charge in [0.05, 0.1) is 18.8 Å². The van der Waals surface area contributed by atoms with Gasteiger partial charge in [0.1, 0.15) is 0 Å². The lowest BCUT2D eigenvalue weighted by atomic mass is 10.1. The second kappa shape index (κ2) is 8.92. The highest BCUT2D eigenvalue weighted by molar-refractivity contribution is 5.17. The van der Waals surface area contributed by atoms with E-state index in [4.69, 9.17) is 4.74 Å². The number of aliphatic hydroxyl groups is 1. The molecule has 0 radical (unpaired) electrons. The lowest BCUT2D eigenvalue weighted by Crippen LogP contribution is -2.52. The van der Waals surface area contributed by atoms with Gasteiger partial charge in [-0.25, -0.2) is 0 Å². The summed E-state index contributed by atoms with van der Waals surface area (Å²) in [6, 6.07) is 9.96. The monoisotopic (exact) mass is 333 g/mol. The lowest BCUT2D eigenvalue weighted by molar-refractivity contribution is -0.0479. The highest BCUT2D eigenvalue weighted by atomic mass is 16.5. The van der Waals surface area contributed by atoms with Crippen LogP contribution in [0.25, 0.3) is 0 Å². The Morgan fingerprint density at radius 1 is 1.04 bits per heavy atom. The van der Waals surface area contributed by atoms with E-state index in [-0.39, 0.29) is 0 Å². The van der Waals surface area contributed by atoms with Crippen LogP contribution in [0.15, 0.2) is 30.3 Å². The van der Waals surface area contributed by atoms with Gasteiger partial charge in [0.15, 0.2) is 0 Å². The van der Waals surface area contributed by atoms with E-state index in [1.165, 1.54) is 0 Å². The summed E-state index contributed by atoms with van der Waals surface area (Å²) < 4.78 is 5.93. The second-order valence-electron chi connectivity index (χ2n) is 6.91. The van der Waals surface area contributed by atoms with Crippen LogP contribution in [-0.2, 0) is 4.74 Å². The van der Waals surface area contributed by atoms with E-state index in [1.807, 2.05) is 30.3 Å². The van der Waals surface area contributed by atoms with Gasteiger partial charge in [-0.05, 0) is 12.1 Å². The fourth-order valence-electron chi connectivity index (χ4n) is 3.65. The van der Waals surface area contributed by atoms with Crippen molar-refractivity contribution in [1.82, 2.24) is 14.7 Å². The summed E-state index contributed by atoms with van der Waals surface area (Å²) in [6.45, 7) is 12.3. The molecule has 2 aliphatic heterocycles. The molecule has 2 atom stereocenters. The number of β-amino-alcohol motifs (C(OH)–C–C–N with tert-alkyl or cyclic N) is 1. The third-order valence-corrected chi connectivity index (χ3v) is 5.21. The maximum Gasteiger partial charge on any atom is 0.0916 e. The smallest absolute Gasteiger partial charge is 0.0916 e. The summed E-state index contributed by atoms with van der Waals surface area (Å²) in [5, 5.41) is 10.4. The number of aliphatic hydroxyl groups excluding tert-OH is 1. The van der Waals surface area contributed by atoms with Gasteiger partial charge < -0.3 is 9.84 Å². The first-order valence-electron chi connectivity index (χ1n) is 9.26. The molecule has 3 rings (SSSR count). The van der Waals surface area contributed by atoms with Crippen LogP contribution in [0.5, 0.6) is 0 Å². The molecule has 2 saturated heterocycles. The third kappa shape index (κ3) is 5.01. The number of likely N-dealkylation sites (N-methyl/N-ethyl adjacent to an activating group) is 1. The summed E-state index contributed by atoms with van der Waals surface area (Å²) in [6.07, 6.45) is -0.0438. The van der Waals surface area contributed by atoms with Crippen molar-refractivity contribution < 1.29 is 9.84 Å². The SMILES string of the molecule is CCN1CCO[C@@H](CN2CCN(C[C@@H](O)c3ccccc3)CC2)C1. The molecule has 5 nitrogen and oxygen atoms in total. The third-order valence-electron chi connectivity index (χ3n) is 5.21. The molecule has 1 aromatic carbocycles. The van der Waals surface area contributed by atoms with E-state index in [0.717, 1.165) is 71.1 Å². The van der Waals surface area contributed by atoms with Gasteiger partial charge >= 0.3 is 0 Å². The number of piperazine rings is 1. The van der Waals surface area contributed by atoms with Gasteiger partial charge in [-0.2, -0.15) is 0 Å². The van der Waals surface area contributed by atoms with Crippen LogP contribution in [0.2, 0.25) is 0 Å². The molecule has 2 heterocycles. The molecule has 2 fully saturated rings. The minimum Gasteiger partial charge on any atom is -0.387 e. The Morgan fingerprint density at radius 2 is 1.75 bits per heavy atom. The van der Waals surface area contributed by atoms with Crippen molar-refractivity contribution in [3.8, 4) is 0 Å². The molecular formula is C19H31N3O2. The summed E-state index contributed by atoms with van der Waals surface area (Å²) in [4.78, 5) is 7.35. The minimum absolute atomic E-state index is 0.347. The molecule has 0 aromatic heterocycles. The van der Waals surface area contributed by atoms with Crippen molar-refractivity contribution in [1.29, 1.82) is 0 Å². The predicted molar refractivity (Wildman–Crippen MR) is 96.1 cm³/mol. The zero-order valence-electron chi connectivity index (χ0n) is 14.8. The first-order chi connectivity index (χ1) is 11.7. The lowest BCUT2D eigenvalue weighted by Gasteiger charge is -2.39. The van der Waals surface area contributed by atoms with Crippen LogP contribution in [0.4, 0.5) is 0 Å². The first kappa shape index (κ1) is 17.8. The maximum atomic E-state index is 10.4. The molecule has 0 unspecified atom stereocenters. The summed E-state index contributed by atoms with van der Waals surface area (Å²) in [7, 11) is 0. The summed E-state index contributed by atoms with van der Waals surface area (Å²) in [5.41, 5.74) is 1.01. The number of nitrogens with zero attached hydrogens (tertiary/aromatic N) is 3. The van der Waals surface area contributed by atoms with Crippen LogP contribution < -0.4 is 0 Å². The fraction of sp³-hybridized carbons (Fsp3) is 0.684. The molecule has 0 amide bonds. The van der Waals surface area contributed by atoms with Crippen molar-refractivity contribution in [2.45, 2.75) is 19.1 Å². The Kier molecular flexibility index (Phi) is 6.63. The summed E-state index contributed by atoms with van der Waals surface area (Å²) in [5.74, 6) is 0.